The number of amides is 1. The van der Waals surface area contributed by atoms with Gasteiger partial charge in [0.1, 0.15) is 24.3 Å². The zero-order valence-corrected chi connectivity index (χ0v) is 16.6. The highest BCUT2D eigenvalue weighted by molar-refractivity contribution is 7.92. The molecule has 1 unspecified atom stereocenters. The van der Waals surface area contributed by atoms with E-state index in [0.29, 0.717) is 0 Å². The van der Waals surface area contributed by atoms with Gasteiger partial charge in [-0.05, 0) is 17.8 Å². The number of alkyl halides is 1. The average Bonchev–Trinajstić information content (AvgIpc) is 2.63. The molecule has 1 amide bonds. The zero-order valence-electron chi connectivity index (χ0n) is 14.3. The molecule has 1 aromatic carbocycles. The van der Waals surface area contributed by atoms with Crippen molar-refractivity contribution in [1.82, 2.24) is 4.90 Å². The van der Waals surface area contributed by atoms with E-state index >= 15 is 0 Å². The fourth-order valence-electron chi connectivity index (χ4n) is 2.91. The number of carbonyl (C=O) groups excluding carboxylic acids is 2. The Morgan fingerprint density at radius 2 is 1.93 bits per heavy atom. The molecular weight excluding hydrogens is 414 g/mol. The van der Waals surface area contributed by atoms with Gasteiger partial charge in [-0.2, -0.15) is 0 Å². The van der Waals surface area contributed by atoms with E-state index in [1.54, 1.807) is 0 Å². The molecule has 7 nitrogen and oxygen atoms in total. The molecule has 1 fully saturated rings. The summed E-state index contributed by atoms with van der Waals surface area (Å²) in [6.45, 7) is 1.05. The van der Waals surface area contributed by atoms with E-state index in [0.717, 1.165) is 10.5 Å². The minimum Gasteiger partial charge on any atom is -0.477 e. The van der Waals surface area contributed by atoms with Crippen LogP contribution < -0.4 is 0 Å². The summed E-state index contributed by atoms with van der Waals surface area (Å²) in [7, 11) is -3.73. The maximum absolute atomic E-state index is 12.5. The first-order valence-corrected chi connectivity index (χ1v) is 10.5. The number of β-lactam (4-membered cyclic amide) rings is 1. The zero-order chi connectivity index (χ0) is 19.8. The first-order chi connectivity index (χ1) is 12.7. The lowest BCUT2D eigenvalue weighted by Crippen LogP contribution is -2.68. The lowest BCUT2D eigenvalue weighted by Gasteiger charge is -2.47. The third-order valence-electron chi connectivity index (χ3n) is 4.15. The number of nitrogens with zero attached hydrogens (tertiary/aromatic N) is 1. The molecule has 0 aromatic heterocycles. The van der Waals surface area contributed by atoms with Gasteiger partial charge in [0, 0.05) is 12.5 Å². The second kappa shape index (κ2) is 7.57. The molecule has 10 heteroatoms. The topological polar surface area (TPSA) is 90.0 Å². The van der Waals surface area contributed by atoms with Crippen molar-refractivity contribution in [3.8, 4) is 0 Å². The summed E-state index contributed by atoms with van der Waals surface area (Å²) in [5.74, 6) is -1.57. The number of halogens is 1. The Morgan fingerprint density at radius 1 is 1.26 bits per heavy atom. The number of hydrogen-bond acceptors (Lipinski definition) is 7. The molecule has 27 heavy (non-hydrogen) atoms. The molecule has 0 saturated carbocycles. The summed E-state index contributed by atoms with van der Waals surface area (Å²) >= 11 is 11.2. The number of ether oxygens (including phenoxy) is 2. The monoisotopic (exact) mass is 429 g/mol. The molecular formula is C17H16ClNO6S2. The van der Waals surface area contributed by atoms with E-state index in [1.165, 1.54) is 6.92 Å². The standard InChI is InChI=1S/C17H16ClNO6S2/c1-10(20)24-8-12-9-27(22,23)16-13(18)15(21)19(16)14(12)17(26)25-7-11-5-3-2-4-6-11/h2-6,13,16H,7-9H2,1H3/t13-,16?/m0/s1. The fraction of sp³-hybridized carbons (Fsp3) is 0.353. The van der Waals surface area contributed by atoms with Crippen molar-refractivity contribution in [2.75, 3.05) is 12.4 Å². The molecule has 2 heterocycles. The van der Waals surface area contributed by atoms with E-state index in [4.69, 9.17) is 33.3 Å². The second-order valence-corrected chi connectivity index (χ2v) is 9.04. The molecule has 1 aromatic rings. The van der Waals surface area contributed by atoms with Crippen molar-refractivity contribution in [2.24, 2.45) is 0 Å². The van der Waals surface area contributed by atoms with Crippen LogP contribution in [0.1, 0.15) is 12.5 Å². The third kappa shape index (κ3) is 3.85. The van der Waals surface area contributed by atoms with Crippen LogP contribution in [0.3, 0.4) is 0 Å². The van der Waals surface area contributed by atoms with Crippen LogP contribution in [0.2, 0.25) is 0 Å². The number of thiocarbonyl (C=S) groups is 1. The molecule has 3 rings (SSSR count). The van der Waals surface area contributed by atoms with Crippen molar-refractivity contribution in [2.45, 2.75) is 24.3 Å². The van der Waals surface area contributed by atoms with Crippen LogP contribution in [0.25, 0.3) is 0 Å². The number of fused-ring (bicyclic) bond motifs is 1. The molecule has 2 atom stereocenters. The minimum absolute atomic E-state index is 0.0437. The van der Waals surface area contributed by atoms with E-state index in [-0.39, 0.29) is 29.5 Å². The van der Waals surface area contributed by atoms with Crippen molar-refractivity contribution < 1.29 is 27.5 Å². The van der Waals surface area contributed by atoms with Crippen LogP contribution in [0, 0.1) is 0 Å². The first-order valence-electron chi connectivity index (χ1n) is 7.97. The van der Waals surface area contributed by atoms with Gasteiger partial charge in [-0.1, -0.05) is 30.3 Å². The minimum atomic E-state index is -3.73. The molecule has 0 aliphatic carbocycles. The number of hydrogen-bond donors (Lipinski definition) is 0. The number of esters is 1. The summed E-state index contributed by atoms with van der Waals surface area (Å²) in [5.41, 5.74) is 1.19. The Morgan fingerprint density at radius 3 is 2.56 bits per heavy atom. The molecule has 0 N–H and O–H groups in total. The molecule has 2 aliphatic rings. The van der Waals surface area contributed by atoms with Crippen LogP contribution in [-0.2, 0) is 35.5 Å². The van der Waals surface area contributed by atoms with Gasteiger partial charge in [0.15, 0.2) is 15.2 Å². The smallest absolute Gasteiger partial charge is 0.302 e. The van der Waals surface area contributed by atoms with E-state index in [2.05, 4.69) is 0 Å². The Kier molecular flexibility index (Phi) is 5.55. The lowest BCUT2D eigenvalue weighted by atomic mass is 10.1. The molecule has 0 radical (unpaired) electrons. The molecule has 1 saturated heterocycles. The Hall–Kier alpha value is -1.97. The van der Waals surface area contributed by atoms with Crippen LogP contribution >= 0.6 is 23.8 Å². The maximum atomic E-state index is 12.5. The van der Waals surface area contributed by atoms with E-state index in [1.807, 2.05) is 30.3 Å². The summed E-state index contributed by atoms with van der Waals surface area (Å²) in [6, 6.07) is 9.22. The maximum Gasteiger partial charge on any atom is 0.302 e. The van der Waals surface area contributed by atoms with Crippen molar-refractivity contribution >= 4 is 50.6 Å². The summed E-state index contributed by atoms with van der Waals surface area (Å²) in [6.07, 6.45) is 0. The summed E-state index contributed by atoms with van der Waals surface area (Å²) in [4.78, 5) is 24.4. The van der Waals surface area contributed by atoms with Crippen LogP contribution in [-0.4, -0.2) is 53.4 Å². The predicted molar refractivity (Wildman–Crippen MR) is 102 cm³/mol. The molecule has 0 spiro atoms. The Labute approximate surface area is 166 Å². The van der Waals surface area contributed by atoms with Gasteiger partial charge in [0.05, 0.1) is 5.75 Å². The second-order valence-electron chi connectivity index (χ2n) is 6.10. The lowest BCUT2D eigenvalue weighted by molar-refractivity contribution is -0.140. The fourth-order valence-corrected chi connectivity index (χ4v) is 5.79. The van der Waals surface area contributed by atoms with Crippen molar-refractivity contribution in [3.05, 3.63) is 47.2 Å². The van der Waals surface area contributed by atoms with Crippen LogP contribution in [0.15, 0.2) is 41.6 Å². The first kappa shape index (κ1) is 19.8. The quantitative estimate of drug-likeness (QED) is 0.303. The van der Waals surface area contributed by atoms with Gasteiger partial charge in [-0.25, -0.2) is 8.42 Å². The summed E-state index contributed by atoms with van der Waals surface area (Å²) < 4.78 is 35.5. The number of sulfone groups is 1. The highest BCUT2D eigenvalue weighted by Crippen LogP contribution is 2.40. The van der Waals surface area contributed by atoms with Gasteiger partial charge in [-0.15, -0.1) is 11.6 Å². The highest BCUT2D eigenvalue weighted by atomic mass is 35.5. The Bertz CT molecular complexity index is 928. The highest BCUT2D eigenvalue weighted by Gasteiger charge is 2.59. The van der Waals surface area contributed by atoms with E-state index < -0.39 is 38.2 Å². The van der Waals surface area contributed by atoms with Gasteiger partial charge in [0.25, 0.3) is 0 Å². The number of carbonyl (C=O) groups is 2. The largest absolute Gasteiger partial charge is 0.477 e. The predicted octanol–water partition coefficient (Wildman–Crippen LogP) is 1.55. The average molecular weight is 430 g/mol. The molecule has 144 valence electrons. The van der Waals surface area contributed by atoms with Crippen molar-refractivity contribution in [1.29, 1.82) is 0 Å². The number of benzene rings is 1. The molecule has 2 aliphatic heterocycles. The van der Waals surface area contributed by atoms with Gasteiger partial charge >= 0.3 is 5.97 Å². The van der Waals surface area contributed by atoms with Gasteiger partial charge in [0.2, 0.25) is 11.0 Å². The van der Waals surface area contributed by atoms with Gasteiger partial charge < -0.3 is 9.47 Å². The molecule has 0 bridgehead atoms. The normalized spacial score (nSPS) is 23.3. The van der Waals surface area contributed by atoms with Crippen LogP contribution in [0.5, 0.6) is 0 Å². The van der Waals surface area contributed by atoms with Crippen LogP contribution in [0.4, 0.5) is 0 Å². The van der Waals surface area contributed by atoms with Crippen molar-refractivity contribution in [3.63, 3.8) is 0 Å². The van der Waals surface area contributed by atoms with Gasteiger partial charge in [-0.3, -0.25) is 14.5 Å². The Balaban J connectivity index is 1.91. The third-order valence-corrected chi connectivity index (χ3v) is 7.01. The number of rotatable bonds is 5. The SMILES string of the molecule is CC(=O)OCC1=C(C(=S)OCc2ccccc2)N2C(=O)[C@H](Cl)C2S(=O)(=O)C1. The van der Waals surface area contributed by atoms with E-state index in [9.17, 15) is 18.0 Å². The summed E-state index contributed by atoms with van der Waals surface area (Å²) in [5, 5.41) is -2.41.